The van der Waals surface area contributed by atoms with Crippen LogP contribution in [0.15, 0.2) is 12.1 Å². The van der Waals surface area contributed by atoms with Gasteiger partial charge in [-0.2, -0.15) is 0 Å². The van der Waals surface area contributed by atoms with E-state index in [0.717, 1.165) is 25.0 Å². The van der Waals surface area contributed by atoms with E-state index in [1.807, 2.05) is 0 Å². The molecule has 1 aromatic carbocycles. The van der Waals surface area contributed by atoms with Crippen molar-refractivity contribution in [2.75, 3.05) is 13.1 Å². The number of phenols is 1. The summed E-state index contributed by atoms with van der Waals surface area (Å²) in [7, 11) is 0. The Morgan fingerprint density at radius 2 is 2.19 bits per heavy atom. The van der Waals surface area contributed by atoms with E-state index < -0.39 is 28.8 Å². The first-order chi connectivity index (χ1) is 9.94. The summed E-state index contributed by atoms with van der Waals surface area (Å²) in [4.78, 5) is 13.4. The Morgan fingerprint density at radius 3 is 2.86 bits per heavy atom. The van der Waals surface area contributed by atoms with E-state index in [-0.39, 0.29) is 18.0 Å². The van der Waals surface area contributed by atoms with Crippen LogP contribution in [0.1, 0.15) is 24.8 Å². The van der Waals surface area contributed by atoms with Gasteiger partial charge in [0.1, 0.15) is 5.82 Å². The maximum absolute atomic E-state index is 13.8. The number of phenolic OH excluding ortho intramolecular Hbond substituents is 1. The summed E-state index contributed by atoms with van der Waals surface area (Å²) in [6, 6.07) is 2.00. The molecule has 0 radical (unpaired) electrons. The third-order valence-corrected chi connectivity index (χ3v) is 4.91. The highest BCUT2D eigenvalue weighted by molar-refractivity contribution is 5.76. The summed E-state index contributed by atoms with van der Waals surface area (Å²) in [5.74, 6) is -3.04. The molecule has 1 heterocycles. The lowest BCUT2D eigenvalue weighted by Gasteiger charge is -2.23. The van der Waals surface area contributed by atoms with E-state index in [4.69, 9.17) is 0 Å². The molecule has 114 valence electrons. The first-order valence-electron chi connectivity index (χ1n) is 7.05. The zero-order valence-corrected chi connectivity index (χ0v) is 11.5. The zero-order valence-electron chi connectivity index (χ0n) is 11.5. The summed E-state index contributed by atoms with van der Waals surface area (Å²) >= 11 is 0. The summed E-state index contributed by atoms with van der Waals surface area (Å²) in [6.07, 6.45) is 2.35. The maximum Gasteiger partial charge on any atom is 0.311 e. The predicted octanol–water partition coefficient (Wildman–Crippen LogP) is 2.36. The van der Waals surface area contributed by atoms with E-state index in [2.05, 4.69) is 0 Å². The average Bonchev–Trinajstić information content (AvgIpc) is 2.96. The first-order valence-corrected chi connectivity index (χ1v) is 7.05. The summed E-state index contributed by atoms with van der Waals surface area (Å²) < 4.78 is 27.6. The quantitative estimate of drug-likeness (QED) is 0.899. The van der Waals surface area contributed by atoms with E-state index in [9.17, 15) is 23.8 Å². The summed E-state index contributed by atoms with van der Waals surface area (Å²) in [5, 5.41) is 18.8. The molecule has 4 nitrogen and oxygen atoms in total. The van der Waals surface area contributed by atoms with Crippen LogP contribution in [0, 0.1) is 23.0 Å². The highest BCUT2D eigenvalue weighted by atomic mass is 19.1. The Bertz CT molecular complexity index is 593. The molecule has 2 N–H and O–H groups in total. The minimum atomic E-state index is -0.962. The second-order valence-electron chi connectivity index (χ2n) is 6.08. The lowest BCUT2D eigenvalue weighted by atomic mass is 9.81. The molecule has 21 heavy (non-hydrogen) atoms. The van der Waals surface area contributed by atoms with Gasteiger partial charge in [-0.15, -0.1) is 0 Å². The topological polar surface area (TPSA) is 60.8 Å². The number of carboxylic acid groups (broad SMARTS) is 1. The number of hydrogen-bond acceptors (Lipinski definition) is 3. The highest BCUT2D eigenvalue weighted by Crippen LogP contribution is 2.49. The number of aliphatic carboxylic acids is 1. The van der Waals surface area contributed by atoms with Crippen LogP contribution >= 0.6 is 0 Å². The van der Waals surface area contributed by atoms with Crippen LogP contribution in [0.25, 0.3) is 0 Å². The van der Waals surface area contributed by atoms with E-state index >= 15 is 0 Å². The van der Waals surface area contributed by atoms with Gasteiger partial charge in [-0.05, 0) is 30.9 Å². The van der Waals surface area contributed by atoms with Gasteiger partial charge in [0.2, 0.25) is 0 Å². The fourth-order valence-electron chi connectivity index (χ4n) is 3.82. The smallest absolute Gasteiger partial charge is 0.311 e. The molecule has 0 aromatic heterocycles. The van der Waals surface area contributed by atoms with Gasteiger partial charge in [0.05, 0.1) is 5.41 Å². The molecule has 1 saturated carbocycles. The van der Waals surface area contributed by atoms with Crippen LogP contribution < -0.4 is 0 Å². The van der Waals surface area contributed by atoms with Gasteiger partial charge >= 0.3 is 5.97 Å². The Morgan fingerprint density at radius 1 is 1.43 bits per heavy atom. The number of rotatable bonds is 3. The Kier molecular flexibility index (Phi) is 3.36. The maximum atomic E-state index is 13.8. The van der Waals surface area contributed by atoms with Crippen LogP contribution in [-0.4, -0.2) is 34.2 Å². The lowest BCUT2D eigenvalue weighted by molar-refractivity contribution is -0.149. The van der Waals surface area contributed by atoms with E-state index in [1.165, 1.54) is 0 Å². The number of fused-ring (bicyclic) bond motifs is 1. The van der Waals surface area contributed by atoms with E-state index in [1.54, 1.807) is 4.90 Å². The van der Waals surface area contributed by atoms with Gasteiger partial charge in [-0.1, -0.05) is 6.42 Å². The molecular formula is C15H17F2NO3. The predicted molar refractivity (Wildman–Crippen MR) is 70.7 cm³/mol. The monoisotopic (exact) mass is 297 g/mol. The number of nitrogens with zero attached hydrogens (tertiary/aromatic N) is 1. The van der Waals surface area contributed by atoms with Crippen molar-refractivity contribution in [1.82, 2.24) is 4.90 Å². The molecule has 2 fully saturated rings. The number of halogens is 2. The first kappa shape index (κ1) is 14.3. The van der Waals surface area contributed by atoms with E-state index in [0.29, 0.717) is 19.5 Å². The zero-order chi connectivity index (χ0) is 15.2. The van der Waals surface area contributed by atoms with Crippen LogP contribution in [-0.2, 0) is 11.3 Å². The molecule has 0 bridgehead atoms. The molecule has 0 unspecified atom stereocenters. The fourth-order valence-corrected chi connectivity index (χ4v) is 3.82. The minimum absolute atomic E-state index is 0.0163. The molecule has 0 spiro atoms. The largest absolute Gasteiger partial charge is 0.505 e. The van der Waals surface area contributed by atoms with Gasteiger partial charge in [0.25, 0.3) is 0 Å². The SMILES string of the molecule is O=C(O)[C@@]12CCC[C@H]1CN(Cc1c(F)ccc(O)c1F)C2. The van der Waals surface area contributed by atoms with Crippen molar-refractivity contribution >= 4 is 5.97 Å². The molecule has 1 saturated heterocycles. The van der Waals surface area contributed by atoms with Gasteiger partial charge < -0.3 is 10.2 Å². The molecular weight excluding hydrogens is 280 g/mol. The Labute approximate surface area is 121 Å². The van der Waals surface area contributed by atoms with Gasteiger partial charge in [-0.3, -0.25) is 9.69 Å². The summed E-state index contributed by atoms with van der Waals surface area (Å²) in [5.41, 5.74) is -0.973. The molecule has 3 rings (SSSR count). The Hall–Kier alpha value is -1.69. The molecule has 2 aliphatic rings. The second kappa shape index (κ2) is 4.94. The number of benzene rings is 1. The fraction of sp³-hybridized carbons (Fsp3) is 0.533. The van der Waals surface area contributed by atoms with Crippen molar-refractivity contribution in [3.63, 3.8) is 0 Å². The molecule has 6 heteroatoms. The third-order valence-electron chi connectivity index (χ3n) is 4.91. The van der Waals surface area contributed by atoms with Crippen molar-refractivity contribution in [3.8, 4) is 5.75 Å². The van der Waals surface area contributed by atoms with Crippen molar-refractivity contribution in [2.45, 2.75) is 25.8 Å². The number of likely N-dealkylation sites (tertiary alicyclic amines) is 1. The Balaban J connectivity index is 1.83. The molecule has 1 aliphatic heterocycles. The van der Waals surface area contributed by atoms with Gasteiger partial charge in [0.15, 0.2) is 11.6 Å². The van der Waals surface area contributed by atoms with Crippen molar-refractivity contribution in [2.24, 2.45) is 11.3 Å². The van der Waals surface area contributed by atoms with Crippen molar-refractivity contribution in [3.05, 3.63) is 29.3 Å². The highest BCUT2D eigenvalue weighted by Gasteiger charge is 2.54. The molecule has 0 amide bonds. The molecule has 1 aromatic rings. The van der Waals surface area contributed by atoms with Gasteiger partial charge in [0, 0.05) is 25.2 Å². The standard InChI is InChI=1S/C15H17F2NO3/c16-11-3-4-12(19)13(17)10(11)7-18-6-9-2-1-5-15(9,8-18)14(20)21/h3-4,9,19H,1-2,5-8H2,(H,20,21)/t9-,15+/m0/s1. The van der Waals surface area contributed by atoms with Gasteiger partial charge in [-0.25, -0.2) is 8.78 Å². The van der Waals surface area contributed by atoms with Crippen molar-refractivity contribution < 1.29 is 23.8 Å². The number of carboxylic acids is 1. The van der Waals surface area contributed by atoms with Crippen LogP contribution in [0.4, 0.5) is 8.78 Å². The number of aromatic hydroxyl groups is 1. The van der Waals surface area contributed by atoms with Crippen LogP contribution in [0.3, 0.4) is 0 Å². The summed E-state index contributed by atoms with van der Waals surface area (Å²) in [6.45, 7) is 0.819. The van der Waals surface area contributed by atoms with Crippen LogP contribution in [0.2, 0.25) is 0 Å². The van der Waals surface area contributed by atoms with Crippen molar-refractivity contribution in [1.29, 1.82) is 0 Å². The van der Waals surface area contributed by atoms with Crippen LogP contribution in [0.5, 0.6) is 5.75 Å². The average molecular weight is 297 g/mol. The third kappa shape index (κ3) is 2.18. The normalized spacial score (nSPS) is 28.8. The molecule has 1 aliphatic carbocycles. The number of hydrogen-bond donors (Lipinski definition) is 2. The second-order valence-corrected chi connectivity index (χ2v) is 6.08. The minimum Gasteiger partial charge on any atom is -0.505 e. The molecule has 2 atom stereocenters. The lowest BCUT2D eigenvalue weighted by Crippen LogP contribution is -2.35. The number of carbonyl (C=O) groups is 1.